The van der Waals surface area contributed by atoms with Crippen LogP contribution in [0.5, 0.6) is 0 Å². The van der Waals surface area contributed by atoms with E-state index < -0.39 is 0 Å². The summed E-state index contributed by atoms with van der Waals surface area (Å²) < 4.78 is 2.62. The lowest BCUT2D eigenvalue weighted by molar-refractivity contribution is 0.101. The van der Waals surface area contributed by atoms with Gasteiger partial charge in [0, 0.05) is 17.7 Å². The van der Waals surface area contributed by atoms with Crippen LogP contribution in [0.25, 0.3) is 0 Å². The number of hydrogen-bond acceptors (Lipinski definition) is 1. The van der Waals surface area contributed by atoms with Gasteiger partial charge in [-0.05, 0) is 40.5 Å². The minimum Gasteiger partial charge on any atom is -0.345 e. The number of nitrogens with zero attached hydrogens (tertiary/aromatic N) is 1. The Bertz CT molecular complexity index is 587. The van der Waals surface area contributed by atoms with E-state index in [2.05, 4.69) is 21.2 Å². The molecule has 0 atom stereocenters. The fourth-order valence-electron chi connectivity index (χ4n) is 1.72. The molecule has 0 aliphatic carbocycles. The van der Waals surface area contributed by atoms with Gasteiger partial charge in [-0.25, -0.2) is 0 Å². The van der Waals surface area contributed by atoms with Crippen LogP contribution < -0.4 is 5.32 Å². The lowest BCUT2D eigenvalue weighted by Crippen LogP contribution is -2.16. The van der Waals surface area contributed by atoms with Crippen molar-refractivity contribution in [3.63, 3.8) is 0 Å². The topological polar surface area (TPSA) is 34.0 Å². The first-order chi connectivity index (χ1) is 8.49. The number of carbonyl (C=O) groups is 1. The van der Waals surface area contributed by atoms with Gasteiger partial charge in [0.2, 0.25) is 0 Å². The van der Waals surface area contributed by atoms with Crippen LogP contribution in [-0.2, 0) is 7.05 Å². The number of nitrogens with one attached hydrogen (secondary N) is 1. The number of carbonyl (C=O) groups excluding carboxylic acids is 1. The molecule has 0 unspecified atom stereocenters. The highest BCUT2D eigenvalue weighted by molar-refractivity contribution is 9.10. The Kier molecular flexibility index (Phi) is 3.78. The third-order valence-electron chi connectivity index (χ3n) is 2.66. The standard InChI is InChI=1S/C13H12BrClN2O/c1-8-4-3-5-10(15)12(8)16-13(18)11-6-9(14)7-17(11)2/h3-7H,1-2H3,(H,16,18). The molecule has 1 heterocycles. The molecule has 0 aliphatic heterocycles. The van der Waals surface area contributed by atoms with Crippen molar-refractivity contribution in [2.45, 2.75) is 6.92 Å². The predicted octanol–water partition coefficient (Wildman–Crippen LogP) is 4.00. The number of para-hydroxylation sites is 1. The fraction of sp³-hybridized carbons (Fsp3) is 0.154. The number of rotatable bonds is 2. The Labute approximate surface area is 119 Å². The molecular weight excluding hydrogens is 316 g/mol. The highest BCUT2D eigenvalue weighted by atomic mass is 79.9. The second-order valence-corrected chi connectivity index (χ2v) is 5.36. The van der Waals surface area contributed by atoms with Crippen molar-refractivity contribution in [2.24, 2.45) is 7.05 Å². The second kappa shape index (κ2) is 5.16. The van der Waals surface area contributed by atoms with Crippen molar-refractivity contribution in [1.29, 1.82) is 0 Å². The molecule has 3 nitrogen and oxygen atoms in total. The van der Waals surface area contributed by atoms with Crippen LogP contribution in [0.2, 0.25) is 5.02 Å². The second-order valence-electron chi connectivity index (χ2n) is 4.04. The minimum atomic E-state index is -0.181. The molecule has 5 heteroatoms. The Balaban J connectivity index is 2.30. The minimum absolute atomic E-state index is 0.181. The molecule has 0 aliphatic rings. The van der Waals surface area contributed by atoms with Gasteiger partial charge in [-0.1, -0.05) is 23.7 Å². The molecule has 1 aromatic heterocycles. The maximum atomic E-state index is 12.1. The summed E-state index contributed by atoms with van der Waals surface area (Å²) in [4.78, 5) is 12.1. The summed E-state index contributed by atoms with van der Waals surface area (Å²) in [7, 11) is 1.82. The highest BCUT2D eigenvalue weighted by Gasteiger charge is 2.13. The van der Waals surface area contributed by atoms with Crippen LogP contribution in [0.3, 0.4) is 0 Å². The maximum Gasteiger partial charge on any atom is 0.272 e. The zero-order valence-corrected chi connectivity index (χ0v) is 12.3. The molecule has 2 rings (SSSR count). The van der Waals surface area contributed by atoms with E-state index in [0.29, 0.717) is 16.4 Å². The van der Waals surface area contributed by atoms with Gasteiger partial charge in [0.05, 0.1) is 10.7 Å². The van der Waals surface area contributed by atoms with Gasteiger partial charge in [0.25, 0.3) is 5.91 Å². The number of benzene rings is 1. The van der Waals surface area contributed by atoms with Gasteiger partial charge in [0.1, 0.15) is 5.69 Å². The third-order valence-corrected chi connectivity index (χ3v) is 3.41. The fourth-order valence-corrected chi connectivity index (χ4v) is 2.51. The molecule has 94 valence electrons. The zero-order valence-electron chi connectivity index (χ0n) is 10.00. The third kappa shape index (κ3) is 2.60. The molecule has 1 N–H and O–H groups in total. The zero-order chi connectivity index (χ0) is 13.3. The molecule has 0 saturated heterocycles. The van der Waals surface area contributed by atoms with Crippen LogP contribution in [0.1, 0.15) is 16.1 Å². The molecule has 0 saturated carbocycles. The molecule has 0 radical (unpaired) electrons. The van der Waals surface area contributed by atoms with E-state index in [1.165, 1.54) is 0 Å². The predicted molar refractivity (Wildman–Crippen MR) is 77.3 cm³/mol. The van der Waals surface area contributed by atoms with Crippen LogP contribution >= 0.6 is 27.5 Å². The lowest BCUT2D eigenvalue weighted by atomic mass is 10.2. The number of hydrogen-bond donors (Lipinski definition) is 1. The van der Waals surface area contributed by atoms with Gasteiger partial charge >= 0.3 is 0 Å². The monoisotopic (exact) mass is 326 g/mol. The summed E-state index contributed by atoms with van der Waals surface area (Å²) in [5, 5.41) is 3.37. The van der Waals surface area contributed by atoms with Crippen molar-refractivity contribution in [3.8, 4) is 0 Å². The van der Waals surface area contributed by atoms with Crippen molar-refractivity contribution in [2.75, 3.05) is 5.32 Å². The van der Waals surface area contributed by atoms with Crippen LogP contribution in [0, 0.1) is 6.92 Å². The number of anilines is 1. The molecule has 1 amide bonds. The van der Waals surface area contributed by atoms with E-state index in [1.807, 2.05) is 32.3 Å². The van der Waals surface area contributed by atoms with Gasteiger partial charge in [-0.2, -0.15) is 0 Å². The van der Waals surface area contributed by atoms with E-state index in [4.69, 9.17) is 11.6 Å². The summed E-state index contributed by atoms with van der Waals surface area (Å²) in [6, 6.07) is 7.28. The van der Waals surface area contributed by atoms with Gasteiger partial charge < -0.3 is 9.88 Å². The maximum absolute atomic E-state index is 12.1. The Morgan fingerprint density at radius 2 is 2.17 bits per heavy atom. The molecule has 0 bridgehead atoms. The van der Waals surface area contributed by atoms with E-state index in [-0.39, 0.29) is 5.91 Å². The smallest absolute Gasteiger partial charge is 0.272 e. The molecule has 1 aromatic carbocycles. The number of aryl methyl sites for hydroxylation is 2. The summed E-state index contributed by atoms with van der Waals surface area (Å²) in [6.07, 6.45) is 1.83. The summed E-state index contributed by atoms with van der Waals surface area (Å²) in [5.74, 6) is -0.181. The first-order valence-electron chi connectivity index (χ1n) is 5.37. The van der Waals surface area contributed by atoms with Crippen LogP contribution in [-0.4, -0.2) is 10.5 Å². The SMILES string of the molecule is Cc1cccc(Cl)c1NC(=O)c1cc(Br)cn1C. The van der Waals surface area contributed by atoms with Crippen molar-refractivity contribution in [3.05, 3.63) is 51.2 Å². The van der Waals surface area contributed by atoms with Crippen LogP contribution in [0.4, 0.5) is 5.69 Å². The summed E-state index contributed by atoms with van der Waals surface area (Å²) in [6.45, 7) is 1.91. The normalized spacial score (nSPS) is 10.4. The van der Waals surface area contributed by atoms with Gasteiger partial charge in [-0.15, -0.1) is 0 Å². The average molecular weight is 328 g/mol. The largest absolute Gasteiger partial charge is 0.345 e. The summed E-state index contributed by atoms with van der Waals surface area (Å²) in [5.41, 5.74) is 2.16. The Hall–Kier alpha value is -1.26. The average Bonchev–Trinajstić information content (AvgIpc) is 2.63. The molecule has 18 heavy (non-hydrogen) atoms. The number of halogens is 2. The van der Waals surface area contributed by atoms with Gasteiger partial charge in [-0.3, -0.25) is 4.79 Å². The van der Waals surface area contributed by atoms with E-state index in [1.54, 1.807) is 16.7 Å². The number of amides is 1. The molecular formula is C13H12BrClN2O. The highest BCUT2D eigenvalue weighted by Crippen LogP contribution is 2.26. The Morgan fingerprint density at radius 1 is 1.44 bits per heavy atom. The molecule has 2 aromatic rings. The van der Waals surface area contributed by atoms with E-state index in [9.17, 15) is 4.79 Å². The number of aromatic nitrogens is 1. The van der Waals surface area contributed by atoms with Crippen LogP contribution in [0.15, 0.2) is 34.9 Å². The van der Waals surface area contributed by atoms with E-state index in [0.717, 1.165) is 10.0 Å². The van der Waals surface area contributed by atoms with Crippen molar-refractivity contribution >= 4 is 39.1 Å². The van der Waals surface area contributed by atoms with Crippen molar-refractivity contribution < 1.29 is 4.79 Å². The first-order valence-corrected chi connectivity index (χ1v) is 6.54. The Morgan fingerprint density at radius 3 is 2.72 bits per heavy atom. The summed E-state index contributed by atoms with van der Waals surface area (Å²) >= 11 is 9.41. The first kappa shape index (κ1) is 13.2. The quantitative estimate of drug-likeness (QED) is 0.888. The molecule has 0 fully saturated rings. The molecule has 0 spiro atoms. The van der Waals surface area contributed by atoms with Gasteiger partial charge in [0.15, 0.2) is 0 Å². The van der Waals surface area contributed by atoms with E-state index >= 15 is 0 Å². The van der Waals surface area contributed by atoms with Crippen molar-refractivity contribution in [1.82, 2.24) is 4.57 Å². The lowest BCUT2D eigenvalue weighted by Gasteiger charge is -2.10.